The lowest BCUT2D eigenvalue weighted by molar-refractivity contribution is 0.0988. The molecule has 3 heterocycles. The lowest BCUT2D eigenvalue weighted by Crippen LogP contribution is -2.33. The van der Waals surface area contributed by atoms with Gasteiger partial charge in [0.2, 0.25) is 0 Å². The molecular formula is C17H27N5O. The highest BCUT2D eigenvalue weighted by molar-refractivity contribution is 5.13. The van der Waals surface area contributed by atoms with E-state index in [1.807, 2.05) is 17.1 Å². The molecule has 2 aromatic heterocycles. The fourth-order valence-corrected chi connectivity index (χ4v) is 3.15. The molecule has 1 aliphatic heterocycles. The van der Waals surface area contributed by atoms with Gasteiger partial charge in [-0.2, -0.15) is 10.2 Å². The summed E-state index contributed by atoms with van der Waals surface area (Å²) in [6.07, 6.45) is 8.07. The Hall–Kier alpha value is -1.66. The normalized spacial score (nSPS) is 21.4. The zero-order valence-corrected chi connectivity index (χ0v) is 14.3. The van der Waals surface area contributed by atoms with Crippen molar-refractivity contribution in [2.75, 3.05) is 13.2 Å². The minimum atomic E-state index is 0.110. The summed E-state index contributed by atoms with van der Waals surface area (Å²) in [5.74, 6) is 0. The summed E-state index contributed by atoms with van der Waals surface area (Å²) in [6.45, 7) is 9.07. The van der Waals surface area contributed by atoms with Gasteiger partial charge in [-0.3, -0.25) is 9.36 Å². The van der Waals surface area contributed by atoms with Crippen molar-refractivity contribution < 1.29 is 4.74 Å². The molecule has 6 nitrogen and oxygen atoms in total. The number of rotatable bonds is 7. The van der Waals surface area contributed by atoms with Crippen molar-refractivity contribution >= 4 is 0 Å². The van der Waals surface area contributed by atoms with Gasteiger partial charge in [0.1, 0.15) is 6.10 Å². The van der Waals surface area contributed by atoms with Gasteiger partial charge in [0.25, 0.3) is 0 Å². The molecule has 0 amide bonds. The third-order valence-corrected chi connectivity index (χ3v) is 4.46. The smallest absolute Gasteiger partial charge is 0.101 e. The molecule has 126 valence electrons. The molecule has 23 heavy (non-hydrogen) atoms. The average Bonchev–Trinajstić information content (AvgIpc) is 3.27. The van der Waals surface area contributed by atoms with Crippen LogP contribution in [0.15, 0.2) is 24.7 Å². The van der Waals surface area contributed by atoms with E-state index < -0.39 is 0 Å². The van der Waals surface area contributed by atoms with E-state index in [1.54, 1.807) is 0 Å². The van der Waals surface area contributed by atoms with Crippen LogP contribution in [0.4, 0.5) is 0 Å². The van der Waals surface area contributed by atoms with E-state index in [4.69, 9.17) is 4.74 Å². The van der Waals surface area contributed by atoms with Crippen LogP contribution in [-0.2, 0) is 17.7 Å². The van der Waals surface area contributed by atoms with E-state index in [0.717, 1.165) is 32.5 Å². The molecule has 1 saturated heterocycles. The van der Waals surface area contributed by atoms with Gasteiger partial charge in [-0.1, -0.05) is 0 Å². The van der Waals surface area contributed by atoms with E-state index in [0.29, 0.717) is 12.1 Å². The molecule has 0 spiro atoms. The van der Waals surface area contributed by atoms with Crippen molar-refractivity contribution in [2.24, 2.45) is 0 Å². The maximum Gasteiger partial charge on any atom is 0.101 e. The maximum atomic E-state index is 5.94. The first-order valence-corrected chi connectivity index (χ1v) is 8.58. The summed E-state index contributed by atoms with van der Waals surface area (Å²) in [6, 6.07) is 2.84. The highest BCUT2D eigenvalue weighted by atomic mass is 16.5. The number of nitrogens with zero attached hydrogens (tertiary/aromatic N) is 4. The predicted molar refractivity (Wildman–Crippen MR) is 89.3 cm³/mol. The molecule has 0 unspecified atom stereocenters. The molecule has 0 aliphatic carbocycles. The number of hydrogen-bond donors (Lipinski definition) is 1. The van der Waals surface area contributed by atoms with Crippen molar-refractivity contribution in [1.29, 1.82) is 0 Å². The first-order chi connectivity index (χ1) is 11.2. The van der Waals surface area contributed by atoms with E-state index in [9.17, 15) is 0 Å². The molecule has 3 rings (SSSR count). The van der Waals surface area contributed by atoms with Crippen LogP contribution < -0.4 is 5.32 Å². The second-order valence-corrected chi connectivity index (χ2v) is 6.38. The second-order valence-electron chi connectivity index (χ2n) is 6.38. The topological polar surface area (TPSA) is 56.9 Å². The standard InChI is InChI=1S/C17H27N5O/c1-4-21-15(6-9-19-21)5-8-18-16-7-10-23-17(16)14-11-20-22(12-14)13(2)3/h6,9,11-13,16-18H,4-5,7-8,10H2,1-3H3/t16-,17+/m0/s1. The highest BCUT2D eigenvalue weighted by Crippen LogP contribution is 2.29. The van der Waals surface area contributed by atoms with Crippen molar-refractivity contribution in [3.05, 3.63) is 35.9 Å². The molecule has 0 aromatic carbocycles. The highest BCUT2D eigenvalue weighted by Gasteiger charge is 2.30. The van der Waals surface area contributed by atoms with Crippen LogP contribution in [0.3, 0.4) is 0 Å². The molecule has 1 fully saturated rings. The van der Waals surface area contributed by atoms with E-state index in [2.05, 4.69) is 53.2 Å². The van der Waals surface area contributed by atoms with Gasteiger partial charge in [-0.25, -0.2) is 0 Å². The van der Waals surface area contributed by atoms with Crippen LogP contribution >= 0.6 is 0 Å². The summed E-state index contributed by atoms with van der Waals surface area (Å²) >= 11 is 0. The average molecular weight is 317 g/mol. The van der Waals surface area contributed by atoms with Gasteiger partial charge in [0.15, 0.2) is 0 Å². The quantitative estimate of drug-likeness (QED) is 0.851. The largest absolute Gasteiger partial charge is 0.372 e. The molecule has 6 heteroatoms. The minimum absolute atomic E-state index is 0.110. The predicted octanol–water partition coefficient (Wildman–Crippen LogP) is 2.34. The van der Waals surface area contributed by atoms with Crippen LogP contribution in [0, 0.1) is 0 Å². The zero-order valence-electron chi connectivity index (χ0n) is 14.3. The van der Waals surface area contributed by atoms with Crippen LogP contribution in [0.5, 0.6) is 0 Å². The molecule has 0 radical (unpaired) electrons. The fourth-order valence-electron chi connectivity index (χ4n) is 3.15. The summed E-state index contributed by atoms with van der Waals surface area (Å²) in [5, 5.41) is 12.4. The summed E-state index contributed by atoms with van der Waals surface area (Å²) in [7, 11) is 0. The van der Waals surface area contributed by atoms with Gasteiger partial charge in [-0.05, 0) is 33.3 Å². The Kier molecular flexibility index (Phi) is 5.13. The third-order valence-electron chi connectivity index (χ3n) is 4.46. The number of aromatic nitrogens is 4. The molecule has 2 aromatic rings. The lowest BCUT2D eigenvalue weighted by atomic mass is 10.1. The second kappa shape index (κ2) is 7.27. The number of ether oxygens (including phenoxy) is 1. The first-order valence-electron chi connectivity index (χ1n) is 8.58. The Morgan fingerprint density at radius 3 is 3.00 bits per heavy atom. The first kappa shape index (κ1) is 16.2. The molecule has 0 bridgehead atoms. The third kappa shape index (κ3) is 3.64. The number of hydrogen-bond acceptors (Lipinski definition) is 4. The number of nitrogens with one attached hydrogen (secondary N) is 1. The Labute approximate surface area is 137 Å². The molecular weight excluding hydrogens is 290 g/mol. The lowest BCUT2D eigenvalue weighted by Gasteiger charge is -2.19. The maximum absolute atomic E-state index is 5.94. The minimum Gasteiger partial charge on any atom is -0.372 e. The van der Waals surface area contributed by atoms with Crippen LogP contribution in [0.2, 0.25) is 0 Å². The van der Waals surface area contributed by atoms with Gasteiger partial charge >= 0.3 is 0 Å². The van der Waals surface area contributed by atoms with Crippen LogP contribution in [-0.4, -0.2) is 38.8 Å². The Morgan fingerprint density at radius 2 is 2.26 bits per heavy atom. The fraction of sp³-hybridized carbons (Fsp3) is 0.647. The van der Waals surface area contributed by atoms with E-state index in [1.165, 1.54) is 11.3 Å². The zero-order chi connectivity index (χ0) is 16.2. The van der Waals surface area contributed by atoms with E-state index in [-0.39, 0.29) is 6.10 Å². The van der Waals surface area contributed by atoms with Crippen molar-refractivity contribution in [3.8, 4) is 0 Å². The summed E-state index contributed by atoms with van der Waals surface area (Å²) < 4.78 is 9.99. The summed E-state index contributed by atoms with van der Waals surface area (Å²) in [5.41, 5.74) is 2.45. The van der Waals surface area contributed by atoms with Gasteiger partial charge in [0.05, 0.1) is 6.20 Å². The molecule has 1 N–H and O–H groups in total. The van der Waals surface area contributed by atoms with Gasteiger partial charge < -0.3 is 10.1 Å². The van der Waals surface area contributed by atoms with Crippen LogP contribution in [0.25, 0.3) is 0 Å². The SMILES string of the molecule is CCn1nccc1CCN[C@H]1CCO[C@@H]1c1cnn(C(C)C)c1. The van der Waals surface area contributed by atoms with Gasteiger partial charge in [0, 0.05) is 61.9 Å². The molecule has 2 atom stereocenters. The number of aryl methyl sites for hydroxylation is 1. The Balaban J connectivity index is 1.56. The van der Waals surface area contributed by atoms with Crippen molar-refractivity contribution in [1.82, 2.24) is 24.9 Å². The Morgan fingerprint density at radius 1 is 1.39 bits per heavy atom. The Bertz CT molecular complexity index is 618. The van der Waals surface area contributed by atoms with Crippen LogP contribution in [0.1, 0.15) is 50.6 Å². The van der Waals surface area contributed by atoms with Crippen molar-refractivity contribution in [3.63, 3.8) is 0 Å². The van der Waals surface area contributed by atoms with E-state index >= 15 is 0 Å². The van der Waals surface area contributed by atoms with Crippen molar-refractivity contribution in [2.45, 2.75) is 58.3 Å². The monoisotopic (exact) mass is 317 g/mol. The molecule has 0 saturated carbocycles. The summed E-state index contributed by atoms with van der Waals surface area (Å²) in [4.78, 5) is 0. The van der Waals surface area contributed by atoms with Gasteiger partial charge in [-0.15, -0.1) is 0 Å². The molecule has 1 aliphatic rings.